The quantitative estimate of drug-likeness (QED) is 0.726. The number of nitrogens with one attached hydrogen (secondary N) is 2. The molecule has 0 aliphatic heterocycles. The molecule has 0 aromatic carbocycles. The first kappa shape index (κ1) is 14.6. The zero-order valence-corrected chi connectivity index (χ0v) is 12.8. The van der Waals surface area contributed by atoms with E-state index < -0.39 is 12.0 Å². The molecule has 17 heavy (non-hydrogen) atoms. The Bertz CT molecular complexity index is 436. The summed E-state index contributed by atoms with van der Waals surface area (Å²) < 4.78 is 1.51. The van der Waals surface area contributed by atoms with Crippen LogP contribution in [0.3, 0.4) is 0 Å². The largest absolute Gasteiger partial charge is 0.381 e. The van der Waals surface area contributed by atoms with Gasteiger partial charge in [0, 0.05) is 7.05 Å². The molecule has 0 bridgehead atoms. The van der Waals surface area contributed by atoms with Gasteiger partial charge in [0.15, 0.2) is 0 Å². The first-order chi connectivity index (χ1) is 7.95. The van der Waals surface area contributed by atoms with E-state index in [-0.39, 0.29) is 12.5 Å². The molecule has 0 radical (unpaired) electrons. The molecule has 0 fully saturated rings. The third-order valence-corrected chi connectivity index (χ3v) is 4.25. The second-order valence-corrected chi connectivity index (χ2v) is 6.83. The van der Waals surface area contributed by atoms with Gasteiger partial charge in [-0.2, -0.15) is 0 Å². The molecule has 2 amide bonds. The van der Waals surface area contributed by atoms with Gasteiger partial charge >= 0.3 is 0 Å². The number of rotatable bonds is 4. The standard InChI is InChI=1S/C9H10Br2N2O3S/c1-12-9(16)5(14)3-13-8(15)4-2-6(10)17-7(4)11/h2,5,14H,3H2,1H3,(H,12,16)(H,13,15)/t5-/m0/s1. The summed E-state index contributed by atoms with van der Waals surface area (Å²) in [7, 11) is 1.42. The van der Waals surface area contributed by atoms with Gasteiger partial charge in [0.25, 0.3) is 5.91 Å². The lowest BCUT2D eigenvalue weighted by molar-refractivity contribution is -0.128. The number of aliphatic hydroxyl groups excluding tert-OH is 1. The fourth-order valence-electron chi connectivity index (χ4n) is 1.04. The molecule has 1 rings (SSSR count). The summed E-state index contributed by atoms with van der Waals surface area (Å²) in [5.74, 6) is -0.877. The van der Waals surface area contributed by atoms with Gasteiger partial charge in [-0.25, -0.2) is 0 Å². The van der Waals surface area contributed by atoms with Crippen molar-refractivity contribution in [2.24, 2.45) is 0 Å². The first-order valence-electron chi connectivity index (χ1n) is 4.58. The molecule has 1 aromatic rings. The second kappa shape index (κ2) is 6.48. The molecule has 8 heteroatoms. The van der Waals surface area contributed by atoms with Crippen LogP contribution in [0.2, 0.25) is 0 Å². The normalized spacial score (nSPS) is 12.0. The van der Waals surface area contributed by atoms with Crippen molar-refractivity contribution >= 4 is 55.0 Å². The Kier molecular flexibility index (Phi) is 5.57. The van der Waals surface area contributed by atoms with Gasteiger partial charge in [-0.3, -0.25) is 9.59 Å². The Morgan fingerprint density at radius 1 is 1.53 bits per heavy atom. The lowest BCUT2D eigenvalue weighted by Crippen LogP contribution is -2.41. The average molecular weight is 386 g/mol. The highest BCUT2D eigenvalue weighted by molar-refractivity contribution is 9.12. The molecule has 3 N–H and O–H groups in total. The molecule has 0 saturated heterocycles. The summed E-state index contributed by atoms with van der Waals surface area (Å²) in [6.07, 6.45) is -1.25. The predicted molar refractivity (Wildman–Crippen MR) is 72.1 cm³/mol. The minimum absolute atomic E-state index is 0.127. The van der Waals surface area contributed by atoms with Crippen molar-refractivity contribution in [1.82, 2.24) is 10.6 Å². The molecule has 5 nitrogen and oxygen atoms in total. The van der Waals surface area contributed by atoms with Crippen molar-refractivity contribution in [3.05, 3.63) is 19.2 Å². The first-order valence-corrected chi connectivity index (χ1v) is 6.98. The van der Waals surface area contributed by atoms with Crippen LogP contribution in [-0.4, -0.2) is 36.6 Å². The van der Waals surface area contributed by atoms with E-state index in [4.69, 9.17) is 0 Å². The monoisotopic (exact) mass is 384 g/mol. The fourth-order valence-corrected chi connectivity index (χ4v) is 3.83. The summed E-state index contributed by atoms with van der Waals surface area (Å²) in [5, 5.41) is 14.1. The van der Waals surface area contributed by atoms with Crippen LogP contribution in [0.5, 0.6) is 0 Å². The van der Waals surface area contributed by atoms with E-state index in [1.165, 1.54) is 18.4 Å². The molecule has 0 aliphatic carbocycles. The lowest BCUT2D eigenvalue weighted by atomic mass is 10.3. The molecule has 1 heterocycles. The Hall–Kier alpha value is -0.440. The maximum Gasteiger partial charge on any atom is 0.253 e. The molecule has 94 valence electrons. The van der Waals surface area contributed by atoms with Gasteiger partial charge in [-0.15, -0.1) is 11.3 Å². The number of carbonyl (C=O) groups is 2. The van der Waals surface area contributed by atoms with Gasteiger partial charge in [0.2, 0.25) is 5.91 Å². The summed E-state index contributed by atoms with van der Waals surface area (Å²) in [4.78, 5) is 22.7. The Morgan fingerprint density at radius 2 is 2.18 bits per heavy atom. The van der Waals surface area contributed by atoms with E-state index in [1.54, 1.807) is 6.07 Å². The number of carbonyl (C=O) groups excluding carboxylic acids is 2. The topological polar surface area (TPSA) is 78.4 Å². The van der Waals surface area contributed by atoms with Crippen LogP contribution in [0, 0.1) is 0 Å². The van der Waals surface area contributed by atoms with Crippen molar-refractivity contribution in [3.8, 4) is 0 Å². The molecule has 0 unspecified atom stereocenters. The number of hydrogen-bond acceptors (Lipinski definition) is 4. The number of amides is 2. The number of aliphatic hydroxyl groups is 1. The van der Waals surface area contributed by atoms with Crippen molar-refractivity contribution in [2.75, 3.05) is 13.6 Å². The van der Waals surface area contributed by atoms with Crippen LogP contribution in [0.25, 0.3) is 0 Å². The molecular weight excluding hydrogens is 376 g/mol. The van der Waals surface area contributed by atoms with Crippen LogP contribution >= 0.6 is 43.2 Å². The number of halogens is 2. The van der Waals surface area contributed by atoms with Crippen LogP contribution in [0.15, 0.2) is 13.6 Å². The molecule has 1 aromatic heterocycles. The van der Waals surface area contributed by atoms with Gasteiger partial charge in [0.05, 0.1) is 19.7 Å². The van der Waals surface area contributed by atoms with Crippen LogP contribution in [0.4, 0.5) is 0 Å². The van der Waals surface area contributed by atoms with Crippen molar-refractivity contribution in [2.45, 2.75) is 6.10 Å². The lowest BCUT2D eigenvalue weighted by Gasteiger charge is -2.09. The molecular formula is C9H10Br2N2O3S. The highest BCUT2D eigenvalue weighted by Crippen LogP contribution is 2.31. The summed E-state index contributed by atoms with van der Waals surface area (Å²) in [6, 6.07) is 1.66. The third kappa shape index (κ3) is 4.06. The highest BCUT2D eigenvalue weighted by atomic mass is 79.9. The smallest absolute Gasteiger partial charge is 0.253 e. The second-order valence-electron chi connectivity index (χ2n) is 3.08. The summed E-state index contributed by atoms with van der Waals surface area (Å²) >= 11 is 7.89. The SMILES string of the molecule is CNC(=O)[C@@H](O)CNC(=O)c1cc(Br)sc1Br. The van der Waals surface area contributed by atoms with Crippen LogP contribution in [-0.2, 0) is 4.79 Å². The molecule has 0 aliphatic rings. The minimum atomic E-state index is -1.25. The van der Waals surface area contributed by atoms with Gasteiger partial charge < -0.3 is 15.7 Å². The van der Waals surface area contributed by atoms with Crippen LogP contribution in [0.1, 0.15) is 10.4 Å². The van der Waals surface area contributed by atoms with E-state index in [9.17, 15) is 14.7 Å². The van der Waals surface area contributed by atoms with Crippen molar-refractivity contribution in [3.63, 3.8) is 0 Å². The van der Waals surface area contributed by atoms with Gasteiger partial charge in [0.1, 0.15) is 6.10 Å². The van der Waals surface area contributed by atoms with E-state index in [2.05, 4.69) is 42.5 Å². The van der Waals surface area contributed by atoms with Gasteiger partial charge in [-0.05, 0) is 37.9 Å². The zero-order chi connectivity index (χ0) is 13.0. The molecule has 0 saturated carbocycles. The number of hydrogen-bond donors (Lipinski definition) is 3. The molecule has 0 spiro atoms. The van der Waals surface area contributed by atoms with Crippen molar-refractivity contribution in [1.29, 1.82) is 0 Å². The van der Waals surface area contributed by atoms with E-state index in [0.717, 1.165) is 3.79 Å². The Balaban J connectivity index is 2.56. The predicted octanol–water partition coefficient (Wildman–Crippen LogP) is 1.11. The zero-order valence-electron chi connectivity index (χ0n) is 8.79. The highest BCUT2D eigenvalue weighted by Gasteiger charge is 2.17. The third-order valence-electron chi connectivity index (χ3n) is 1.91. The maximum absolute atomic E-state index is 11.7. The van der Waals surface area contributed by atoms with Crippen LogP contribution < -0.4 is 10.6 Å². The number of likely N-dealkylation sites (N-methyl/N-ethyl adjacent to an activating group) is 1. The average Bonchev–Trinajstić information content (AvgIpc) is 2.63. The molecule has 1 atom stereocenters. The summed E-state index contributed by atoms with van der Waals surface area (Å²) in [6.45, 7) is -0.127. The minimum Gasteiger partial charge on any atom is -0.381 e. The van der Waals surface area contributed by atoms with E-state index in [0.29, 0.717) is 9.35 Å². The van der Waals surface area contributed by atoms with Gasteiger partial charge in [-0.1, -0.05) is 0 Å². The Labute approximate surface area is 119 Å². The van der Waals surface area contributed by atoms with E-state index in [1.807, 2.05) is 0 Å². The van der Waals surface area contributed by atoms with Crippen molar-refractivity contribution < 1.29 is 14.7 Å². The van der Waals surface area contributed by atoms with E-state index >= 15 is 0 Å². The maximum atomic E-state index is 11.7. The number of thiophene rings is 1. The fraction of sp³-hybridized carbons (Fsp3) is 0.333. The Morgan fingerprint density at radius 3 is 2.65 bits per heavy atom. The summed E-state index contributed by atoms with van der Waals surface area (Å²) in [5.41, 5.74) is 0.464.